The number of nitrogens with zero attached hydrogens (tertiary/aromatic N) is 2. The number of amides is 2. The molecule has 0 radical (unpaired) electrons. The number of nitrogens with one attached hydrogen (secondary N) is 1. The van der Waals surface area contributed by atoms with Crippen LogP contribution >= 0.6 is 0 Å². The fourth-order valence-corrected chi connectivity index (χ4v) is 3.76. The Morgan fingerprint density at radius 3 is 2.25 bits per heavy atom. The second kappa shape index (κ2) is 9.40. The summed E-state index contributed by atoms with van der Waals surface area (Å²) in [5.41, 5.74) is 0. The summed E-state index contributed by atoms with van der Waals surface area (Å²) < 4.78 is 0. The van der Waals surface area contributed by atoms with Crippen LogP contribution in [0.1, 0.15) is 58.8 Å². The Bertz CT molecular complexity index is 413. The molecule has 2 aliphatic rings. The van der Waals surface area contributed by atoms with Crippen molar-refractivity contribution in [2.24, 2.45) is 11.8 Å². The second-order valence-electron chi connectivity index (χ2n) is 7.85. The number of hydrogen-bond donors (Lipinski definition) is 1. The van der Waals surface area contributed by atoms with Gasteiger partial charge in [0, 0.05) is 44.1 Å². The number of piperazine rings is 1. The quantitative estimate of drug-likeness (QED) is 0.809. The molecule has 2 atom stereocenters. The molecule has 0 aromatic carbocycles. The molecule has 2 rings (SSSR count). The molecule has 24 heavy (non-hydrogen) atoms. The van der Waals surface area contributed by atoms with E-state index in [1.54, 1.807) is 0 Å². The summed E-state index contributed by atoms with van der Waals surface area (Å²) in [6.45, 7) is 7.70. The summed E-state index contributed by atoms with van der Waals surface area (Å²) in [4.78, 5) is 29.0. The highest BCUT2D eigenvalue weighted by Gasteiger charge is 2.25. The van der Waals surface area contributed by atoms with Crippen LogP contribution in [0.3, 0.4) is 0 Å². The van der Waals surface area contributed by atoms with Crippen molar-refractivity contribution in [3.8, 4) is 0 Å². The minimum atomic E-state index is 0.0439. The van der Waals surface area contributed by atoms with Crippen LogP contribution in [0.15, 0.2) is 0 Å². The zero-order valence-electron chi connectivity index (χ0n) is 15.7. The molecule has 1 saturated heterocycles. The molecule has 1 N–H and O–H groups in total. The lowest BCUT2D eigenvalue weighted by Crippen LogP contribution is -2.48. The average Bonchev–Trinajstić information content (AvgIpc) is 2.60. The summed E-state index contributed by atoms with van der Waals surface area (Å²) in [5, 5.41) is 3.16. The molecule has 138 valence electrons. The lowest BCUT2D eigenvalue weighted by molar-refractivity contribution is -0.136. The fraction of sp³-hybridized carbons (Fsp3) is 0.895. The van der Waals surface area contributed by atoms with Gasteiger partial charge in [-0.2, -0.15) is 0 Å². The van der Waals surface area contributed by atoms with Crippen LogP contribution in [-0.4, -0.2) is 60.9 Å². The summed E-state index contributed by atoms with van der Waals surface area (Å²) >= 11 is 0. The van der Waals surface area contributed by atoms with Gasteiger partial charge in [0.2, 0.25) is 11.8 Å². The maximum Gasteiger partial charge on any atom is 0.225 e. The van der Waals surface area contributed by atoms with Crippen molar-refractivity contribution in [2.45, 2.75) is 64.8 Å². The van der Waals surface area contributed by atoms with Crippen LogP contribution in [0.25, 0.3) is 0 Å². The maximum absolute atomic E-state index is 12.5. The van der Waals surface area contributed by atoms with Gasteiger partial charge in [0.1, 0.15) is 0 Å². The third-order valence-electron chi connectivity index (χ3n) is 5.63. The molecule has 1 aliphatic carbocycles. The van der Waals surface area contributed by atoms with Gasteiger partial charge in [-0.3, -0.25) is 9.59 Å². The highest BCUT2D eigenvalue weighted by molar-refractivity contribution is 5.79. The van der Waals surface area contributed by atoms with Crippen LogP contribution < -0.4 is 5.32 Å². The van der Waals surface area contributed by atoms with Gasteiger partial charge in [-0.1, -0.05) is 26.2 Å². The Morgan fingerprint density at radius 1 is 1.00 bits per heavy atom. The number of carbonyl (C=O) groups is 2. The summed E-state index contributed by atoms with van der Waals surface area (Å²) in [6.07, 6.45) is 7.43. The number of rotatable bonds is 6. The van der Waals surface area contributed by atoms with E-state index >= 15 is 0 Å². The molecule has 2 amide bonds. The van der Waals surface area contributed by atoms with E-state index in [0.717, 1.165) is 51.9 Å². The van der Waals surface area contributed by atoms with Gasteiger partial charge in [0.25, 0.3) is 0 Å². The molecule has 2 unspecified atom stereocenters. The van der Waals surface area contributed by atoms with Crippen molar-refractivity contribution < 1.29 is 9.59 Å². The normalized spacial score (nSPS) is 22.9. The first-order valence-corrected chi connectivity index (χ1v) is 9.75. The highest BCUT2D eigenvalue weighted by Crippen LogP contribution is 2.24. The summed E-state index contributed by atoms with van der Waals surface area (Å²) in [7, 11) is 2.10. The van der Waals surface area contributed by atoms with Gasteiger partial charge >= 0.3 is 0 Å². The Labute approximate surface area is 147 Å². The van der Waals surface area contributed by atoms with Gasteiger partial charge in [0.05, 0.1) is 0 Å². The third kappa shape index (κ3) is 5.76. The topological polar surface area (TPSA) is 52.7 Å². The standard InChI is InChI=1S/C19H35N3O2/c1-15(19(24)22-13-11-21(3)12-14-22)9-10-16(2)20-18(23)17-7-5-4-6-8-17/h15-17H,4-14H2,1-3H3,(H,20,23). The molecule has 2 fully saturated rings. The van der Waals surface area contributed by atoms with E-state index in [1.165, 1.54) is 19.3 Å². The minimum absolute atomic E-state index is 0.0439. The van der Waals surface area contributed by atoms with Gasteiger partial charge in [-0.15, -0.1) is 0 Å². The van der Waals surface area contributed by atoms with E-state index in [2.05, 4.69) is 24.2 Å². The summed E-state index contributed by atoms with van der Waals surface area (Å²) in [5.74, 6) is 0.752. The van der Waals surface area contributed by atoms with E-state index in [0.29, 0.717) is 0 Å². The van der Waals surface area contributed by atoms with Gasteiger partial charge in [-0.05, 0) is 39.7 Å². The minimum Gasteiger partial charge on any atom is -0.353 e. The van der Waals surface area contributed by atoms with Gasteiger partial charge in [0.15, 0.2) is 0 Å². The fourth-order valence-electron chi connectivity index (χ4n) is 3.76. The summed E-state index contributed by atoms with van der Waals surface area (Å²) in [6, 6.07) is 0.155. The van der Waals surface area contributed by atoms with E-state index in [9.17, 15) is 9.59 Å². The molecule has 0 aromatic heterocycles. The SMILES string of the molecule is CC(CCC(C)C(=O)N1CCN(C)CC1)NC(=O)C1CCCCC1. The molecule has 1 aliphatic heterocycles. The Morgan fingerprint density at radius 2 is 1.62 bits per heavy atom. The van der Waals surface area contributed by atoms with Crippen molar-refractivity contribution in [3.05, 3.63) is 0 Å². The van der Waals surface area contributed by atoms with E-state index in [4.69, 9.17) is 0 Å². The molecule has 5 nitrogen and oxygen atoms in total. The van der Waals surface area contributed by atoms with Crippen LogP contribution in [0, 0.1) is 11.8 Å². The predicted molar refractivity (Wildman–Crippen MR) is 96.7 cm³/mol. The lowest BCUT2D eigenvalue weighted by atomic mass is 9.88. The largest absolute Gasteiger partial charge is 0.353 e. The van der Waals surface area contributed by atoms with Crippen molar-refractivity contribution in [1.29, 1.82) is 0 Å². The first kappa shape index (κ1) is 19.2. The van der Waals surface area contributed by atoms with Crippen LogP contribution in [0.2, 0.25) is 0 Å². The predicted octanol–water partition coefficient (Wildman–Crippen LogP) is 2.26. The molecule has 0 aromatic rings. The molecular formula is C19H35N3O2. The van der Waals surface area contributed by atoms with Crippen LogP contribution in [0.5, 0.6) is 0 Å². The Hall–Kier alpha value is -1.10. The highest BCUT2D eigenvalue weighted by atomic mass is 16.2. The smallest absolute Gasteiger partial charge is 0.225 e. The number of likely N-dealkylation sites (N-methyl/N-ethyl adjacent to an activating group) is 1. The first-order chi connectivity index (χ1) is 11.5. The maximum atomic E-state index is 12.5. The number of carbonyl (C=O) groups excluding carboxylic acids is 2. The molecule has 0 spiro atoms. The average molecular weight is 338 g/mol. The molecule has 0 bridgehead atoms. The van der Waals surface area contributed by atoms with Gasteiger partial charge in [-0.25, -0.2) is 0 Å². The molecule has 1 saturated carbocycles. The third-order valence-corrected chi connectivity index (χ3v) is 5.63. The Balaban J connectivity index is 1.67. The first-order valence-electron chi connectivity index (χ1n) is 9.75. The van der Waals surface area contributed by atoms with Gasteiger partial charge < -0.3 is 15.1 Å². The second-order valence-corrected chi connectivity index (χ2v) is 7.85. The molecular weight excluding hydrogens is 302 g/mol. The zero-order valence-corrected chi connectivity index (χ0v) is 15.7. The molecule has 5 heteroatoms. The molecule has 1 heterocycles. The van der Waals surface area contributed by atoms with Crippen molar-refractivity contribution in [1.82, 2.24) is 15.1 Å². The van der Waals surface area contributed by atoms with Crippen LogP contribution in [-0.2, 0) is 9.59 Å². The number of hydrogen-bond acceptors (Lipinski definition) is 3. The van der Waals surface area contributed by atoms with Crippen LogP contribution in [0.4, 0.5) is 0 Å². The monoisotopic (exact) mass is 337 g/mol. The van der Waals surface area contributed by atoms with Crippen molar-refractivity contribution in [2.75, 3.05) is 33.2 Å². The van der Waals surface area contributed by atoms with E-state index in [-0.39, 0.29) is 29.7 Å². The van der Waals surface area contributed by atoms with Crippen molar-refractivity contribution >= 4 is 11.8 Å². The lowest BCUT2D eigenvalue weighted by Gasteiger charge is -2.34. The van der Waals surface area contributed by atoms with Crippen molar-refractivity contribution in [3.63, 3.8) is 0 Å². The Kier molecular flexibility index (Phi) is 7.53. The van der Waals surface area contributed by atoms with E-state index in [1.807, 2.05) is 11.8 Å². The zero-order chi connectivity index (χ0) is 17.5. The van der Waals surface area contributed by atoms with E-state index < -0.39 is 0 Å².